The SMILES string of the molecule is O=C(c1ccc2c(c1)OCCO2)C1CCC1. The summed E-state index contributed by atoms with van der Waals surface area (Å²) in [4.78, 5) is 12.0. The molecule has 16 heavy (non-hydrogen) atoms. The molecule has 0 spiro atoms. The molecular formula is C13H14O3. The predicted molar refractivity (Wildman–Crippen MR) is 59.1 cm³/mol. The van der Waals surface area contributed by atoms with Crippen LogP contribution in [-0.2, 0) is 0 Å². The number of rotatable bonds is 2. The second-order valence-corrected chi connectivity index (χ2v) is 4.35. The van der Waals surface area contributed by atoms with E-state index in [9.17, 15) is 4.79 Å². The number of fused-ring (bicyclic) bond motifs is 1. The van der Waals surface area contributed by atoms with Gasteiger partial charge < -0.3 is 9.47 Å². The largest absolute Gasteiger partial charge is 0.486 e. The summed E-state index contributed by atoms with van der Waals surface area (Å²) in [5, 5.41) is 0. The zero-order valence-corrected chi connectivity index (χ0v) is 9.07. The molecule has 3 rings (SSSR count). The molecule has 1 aliphatic carbocycles. The molecule has 0 amide bonds. The fourth-order valence-electron chi connectivity index (χ4n) is 2.10. The summed E-state index contributed by atoms with van der Waals surface area (Å²) in [5.41, 5.74) is 0.758. The number of ether oxygens (including phenoxy) is 2. The Kier molecular flexibility index (Phi) is 2.31. The highest BCUT2D eigenvalue weighted by atomic mass is 16.6. The summed E-state index contributed by atoms with van der Waals surface area (Å²) in [5.74, 6) is 1.94. The Bertz CT molecular complexity index is 421. The molecule has 0 unspecified atom stereocenters. The number of Topliss-reactive ketones (excluding diaryl/α,β-unsaturated/α-hetero) is 1. The lowest BCUT2D eigenvalue weighted by molar-refractivity contribution is 0.0854. The lowest BCUT2D eigenvalue weighted by atomic mass is 9.80. The van der Waals surface area contributed by atoms with Crippen molar-refractivity contribution in [3.8, 4) is 11.5 Å². The highest BCUT2D eigenvalue weighted by molar-refractivity contribution is 5.98. The van der Waals surface area contributed by atoms with Crippen molar-refractivity contribution in [3.63, 3.8) is 0 Å². The van der Waals surface area contributed by atoms with Gasteiger partial charge in [-0.25, -0.2) is 0 Å². The maximum absolute atomic E-state index is 12.0. The van der Waals surface area contributed by atoms with Gasteiger partial charge in [-0.2, -0.15) is 0 Å². The number of hydrogen-bond acceptors (Lipinski definition) is 3. The van der Waals surface area contributed by atoms with Crippen LogP contribution in [0.25, 0.3) is 0 Å². The number of carbonyl (C=O) groups is 1. The van der Waals surface area contributed by atoms with Gasteiger partial charge in [-0.15, -0.1) is 0 Å². The van der Waals surface area contributed by atoms with E-state index in [0.717, 1.165) is 24.2 Å². The molecule has 0 N–H and O–H groups in total. The fraction of sp³-hybridized carbons (Fsp3) is 0.462. The van der Waals surface area contributed by atoms with Crippen molar-refractivity contribution in [2.24, 2.45) is 5.92 Å². The number of hydrogen-bond donors (Lipinski definition) is 0. The second kappa shape index (κ2) is 3.81. The standard InChI is InChI=1S/C13H14O3/c14-13(9-2-1-3-9)10-4-5-11-12(8-10)16-7-6-15-11/h4-5,8-9H,1-3,6-7H2. The first-order chi connectivity index (χ1) is 7.84. The molecule has 3 nitrogen and oxygen atoms in total. The average Bonchev–Trinajstić information content (AvgIpc) is 2.26. The fourth-order valence-corrected chi connectivity index (χ4v) is 2.10. The van der Waals surface area contributed by atoms with Crippen molar-refractivity contribution in [3.05, 3.63) is 23.8 Å². The van der Waals surface area contributed by atoms with E-state index >= 15 is 0 Å². The molecule has 1 aliphatic heterocycles. The Morgan fingerprint density at radius 1 is 1.12 bits per heavy atom. The van der Waals surface area contributed by atoms with E-state index in [1.807, 2.05) is 18.2 Å². The monoisotopic (exact) mass is 218 g/mol. The third-order valence-corrected chi connectivity index (χ3v) is 3.30. The molecule has 1 fully saturated rings. The first kappa shape index (κ1) is 9.70. The van der Waals surface area contributed by atoms with Gasteiger partial charge in [-0.1, -0.05) is 6.42 Å². The van der Waals surface area contributed by atoms with Crippen LogP contribution in [0.3, 0.4) is 0 Å². The van der Waals surface area contributed by atoms with Crippen LogP contribution in [0.15, 0.2) is 18.2 Å². The van der Waals surface area contributed by atoms with E-state index in [4.69, 9.17) is 9.47 Å². The van der Waals surface area contributed by atoms with Gasteiger partial charge >= 0.3 is 0 Å². The topological polar surface area (TPSA) is 35.5 Å². The van der Waals surface area contributed by atoms with Crippen LogP contribution in [0, 0.1) is 5.92 Å². The van der Waals surface area contributed by atoms with Crippen LogP contribution in [-0.4, -0.2) is 19.0 Å². The van der Waals surface area contributed by atoms with Crippen molar-refractivity contribution < 1.29 is 14.3 Å². The molecule has 2 aliphatic rings. The van der Waals surface area contributed by atoms with Crippen molar-refractivity contribution >= 4 is 5.78 Å². The van der Waals surface area contributed by atoms with Gasteiger partial charge in [0.05, 0.1) is 0 Å². The van der Waals surface area contributed by atoms with Crippen LogP contribution < -0.4 is 9.47 Å². The summed E-state index contributed by atoms with van der Waals surface area (Å²) in [6, 6.07) is 5.49. The van der Waals surface area contributed by atoms with Crippen LogP contribution in [0.4, 0.5) is 0 Å². The normalized spacial score (nSPS) is 19.0. The molecule has 1 saturated carbocycles. The van der Waals surface area contributed by atoms with Gasteiger partial charge in [-0.3, -0.25) is 4.79 Å². The smallest absolute Gasteiger partial charge is 0.166 e. The highest BCUT2D eigenvalue weighted by Crippen LogP contribution is 2.34. The molecule has 1 aromatic rings. The van der Waals surface area contributed by atoms with Gasteiger partial charge in [0.1, 0.15) is 13.2 Å². The molecule has 0 atom stereocenters. The van der Waals surface area contributed by atoms with E-state index in [1.165, 1.54) is 6.42 Å². The number of ketones is 1. The maximum atomic E-state index is 12.0. The van der Waals surface area contributed by atoms with Crippen molar-refractivity contribution in [1.82, 2.24) is 0 Å². The van der Waals surface area contributed by atoms with E-state index in [-0.39, 0.29) is 11.7 Å². The minimum Gasteiger partial charge on any atom is -0.486 e. The minimum atomic E-state index is 0.238. The second-order valence-electron chi connectivity index (χ2n) is 4.35. The van der Waals surface area contributed by atoms with Crippen LogP contribution in [0.1, 0.15) is 29.6 Å². The van der Waals surface area contributed by atoms with Crippen LogP contribution in [0.2, 0.25) is 0 Å². The molecule has 0 aromatic heterocycles. The predicted octanol–water partition coefficient (Wildman–Crippen LogP) is 2.44. The number of carbonyl (C=O) groups excluding carboxylic acids is 1. The molecule has 0 saturated heterocycles. The average molecular weight is 218 g/mol. The van der Waals surface area contributed by atoms with Crippen molar-refractivity contribution in [2.45, 2.75) is 19.3 Å². The zero-order valence-electron chi connectivity index (χ0n) is 9.07. The molecule has 0 bridgehead atoms. The summed E-state index contributed by atoms with van der Waals surface area (Å²) in [7, 11) is 0. The maximum Gasteiger partial charge on any atom is 0.166 e. The summed E-state index contributed by atoms with van der Waals surface area (Å²) < 4.78 is 10.9. The lowest BCUT2D eigenvalue weighted by Crippen LogP contribution is -2.22. The lowest BCUT2D eigenvalue weighted by Gasteiger charge is -2.24. The molecule has 3 heteroatoms. The van der Waals surface area contributed by atoms with Gasteiger partial charge in [0.15, 0.2) is 17.3 Å². The Hall–Kier alpha value is -1.51. The third kappa shape index (κ3) is 1.56. The highest BCUT2D eigenvalue weighted by Gasteiger charge is 2.27. The first-order valence-corrected chi connectivity index (χ1v) is 5.78. The Morgan fingerprint density at radius 3 is 2.56 bits per heavy atom. The summed E-state index contributed by atoms with van der Waals surface area (Å²) in [6.45, 7) is 1.15. The van der Waals surface area contributed by atoms with E-state index in [0.29, 0.717) is 19.0 Å². The van der Waals surface area contributed by atoms with Gasteiger partial charge in [0.2, 0.25) is 0 Å². The summed E-state index contributed by atoms with van der Waals surface area (Å²) >= 11 is 0. The quantitative estimate of drug-likeness (QED) is 0.715. The Balaban J connectivity index is 1.87. The first-order valence-electron chi connectivity index (χ1n) is 5.78. The molecule has 0 radical (unpaired) electrons. The summed E-state index contributed by atoms with van der Waals surface area (Å²) in [6.07, 6.45) is 3.25. The third-order valence-electron chi connectivity index (χ3n) is 3.30. The molecular weight excluding hydrogens is 204 g/mol. The van der Waals surface area contributed by atoms with Crippen LogP contribution >= 0.6 is 0 Å². The van der Waals surface area contributed by atoms with Gasteiger partial charge in [0.25, 0.3) is 0 Å². The van der Waals surface area contributed by atoms with E-state index < -0.39 is 0 Å². The molecule has 84 valence electrons. The Morgan fingerprint density at radius 2 is 1.88 bits per heavy atom. The van der Waals surface area contributed by atoms with Gasteiger partial charge in [0, 0.05) is 11.5 Å². The van der Waals surface area contributed by atoms with Crippen LogP contribution in [0.5, 0.6) is 11.5 Å². The molecule has 1 heterocycles. The van der Waals surface area contributed by atoms with Crippen molar-refractivity contribution in [1.29, 1.82) is 0 Å². The van der Waals surface area contributed by atoms with E-state index in [2.05, 4.69) is 0 Å². The minimum absolute atomic E-state index is 0.238. The van der Waals surface area contributed by atoms with Gasteiger partial charge in [-0.05, 0) is 31.0 Å². The molecule has 1 aromatic carbocycles. The zero-order chi connectivity index (χ0) is 11.0. The van der Waals surface area contributed by atoms with Crippen molar-refractivity contribution in [2.75, 3.05) is 13.2 Å². The Labute approximate surface area is 94.4 Å². The number of benzene rings is 1. The van der Waals surface area contributed by atoms with E-state index in [1.54, 1.807) is 0 Å².